The minimum Gasteiger partial charge on any atom is -0.392 e. The van der Waals surface area contributed by atoms with Crippen molar-refractivity contribution in [3.05, 3.63) is 35.4 Å². The summed E-state index contributed by atoms with van der Waals surface area (Å²) in [5.74, 6) is -0.0472. The SMILES string of the molecule is Cc1ccccc1C(=O)N(C)CC(C)O. The first-order chi connectivity index (χ1) is 7.02. The molecule has 1 aromatic carbocycles. The van der Waals surface area contributed by atoms with Crippen LogP contribution >= 0.6 is 0 Å². The smallest absolute Gasteiger partial charge is 0.253 e. The van der Waals surface area contributed by atoms with Gasteiger partial charge in [0.25, 0.3) is 5.91 Å². The molecule has 3 nitrogen and oxygen atoms in total. The molecule has 0 aliphatic carbocycles. The highest BCUT2D eigenvalue weighted by molar-refractivity contribution is 5.95. The molecule has 0 heterocycles. The van der Waals surface area contributed by atoms with E-state index in [1.54, 1.807) is 20.0 Å². The zero-order valence-corrected chi connectivity index (χ0v) is 9.40. The van der Waals surface area contributed by atoms with Gasteiger partial charge in [-0.05, 0) is 25.5 Å². The minimum atomic E-state index is -0.497. The Bertz CT molecular complexity index is 347. The van der Waals surface area contributed by atoms with Gasteiger partial charge in [-0.1, -0.05) is 18.2 Å². The summed E-state index contributed by atoms with van der Waals surface area (Å²) in [6.45, 7) is 3.93. The van der Waals surface area contributed by atoms with E-state index in [1.807, 2.05) is 25.1 Å². The molecule has 1 unspecified atom stereocenters. The van der Waals surface area contributed by atoms with Gasteiger partial charge in [-0.15, -0.1) is 0 Å². The summed E-state index contributed by atoms with van der Waals surface area (Å²) in [5.41, 5.74) is 1.65. The monoisotopic (exact) mass is 207 g/mol. The van der Waals surface area contributed by atoms with E-state index in [0.717, 1.165) is 5.56 Å². The van der Waals surface area contributed by atoms with Crippen LogP contribution in [0, 0.1) is 6.92 Å². The van der Waals surface area contributed by atoms with E-state index in [0.29, 0.717) is 12.1 Å². The Labute approximate surface area is 90.3 Å². The van der Waals surface area contributed by atoms with Gasteiger partial charge < -0.3 is 10.0 Å². The molecule has 0 saturated carbocycles. The van der Waals surface area contributed by atoms with E-state index in [4.69, 9.17) is 0 Å². The average Bonchev–Trinajstić information content (AvgIpc) is 2.16. The van der Waals surface area contributed by atoms with Gasteiger partial charge in [-0.3, -0.25) is 4.79 Å². The topological polar surface area (TPSA) is 40.5 Å². The highest BCUT2D eigenvalue weighted by Gasteiger charge is 2.14. The number of hydrogen-bond donors (Lipinski definition) is 1. The van der Waals surface area contributed by atoms with Crippen molar-refractivity contribution in [2.24, 2.45) is 0 Å². The summed E-state index contributed by atoms with van der Waals surface area (Å²) in [7, 11) is 1.70. The second-order valence-corrected chi connectivity index (χ2v) is 3.85. The lowest BCUT2D eigenvalue weighted by molar-refractivity contribution is 0.0703. The lowest BCUT2D eigenvalue weighted by atomic mass is 10.1. The van der Waals surface area contributed by atoms with Gasteiger partial charge in [0.15, 0.2) is 0 Å². The Hall–Kier alpha value is -1.35. The van der Waals surface area contributed by atoms with Crippen molar-refractivity contribution in [2.75, 3.05) is 13.6 Å². The largest absolute Gasteiger partial charge is 0.392 e. The van der Waals surface area contributed by atoms with Gasteiger partial charge in [0.2, 0.25) is 0 Å². The first kappa shape index (κ1) is 11.7. The van der Waals surface area contributed by atoms with Gasteiger partial charge in [0, 0.05) is 19.2 Å². The maximum Gasteiger partial charge on any atom is 0.253 e. The number of aliphatic hydroxyl groups is 1. The van der Waals surface area contributed by atoms with Crippen LogP contribution in [0.3, 0.4) is 0 Å². The van der Waals surface area contributed by atoms with E-state index in [2.05, 4.69) is 0 Å². The first-order valence-electron chi connectivity index (χ1n) is 5.01. The molecule has 0 aliphatic rings. The molecule has 1 amide bonds. The lowest BCUT2D eigenvalue weighted by Gasteiger charge is -2.19. The summed E-state index contributed by atoms with van der Waals surface area (Å²) in [6.07, 6.45) is -0.497. The highest BCUT2D eigenvalue weighted by atomic mass is 16.3. The molecular weight excluding hydrogens is 190 g/mol. The fourth-order valence-electron chi connectivity index (χ4n) is 1.50. The van der Waals surface area contributed by atoms with Crippen molar-refractivity contribution in [1.82, 2.24) is 4.90 Å². The molecule has 82 valence electrons. The van der Waals surface area contributed by atoms with E-state index in [1.165, 1.54) is 4.90 Å². The number of hydrogen-bond acceptors (Lipinski definition) is 2. The molecule has 3 heteroatoms. The first-order valence-corrected chi connectivity index (χ1v) is 5.01. The Morgan fingerprint density at radius 2 is 2.07 bits per heavy atom. The fraction of sp³-hybridized carbons (Fsp3) is 0.417. The molecule has 0 aromatic heterocycles. The number of carbonyl (C=O) groups is 1. The van der Waals surface area contributed by atoms with Crippen LogP contribution in [0.4, 0.5) is 0 Å². The fourth-order valence-corrected chi connectivity index (χ4v) is 1.50. The molecule has 1 rings (SSSR count). The van der Waals surface area contributed by atoms with Crippen LogP contribution in [-0.2, 0) is 0 Å². The van der Waals surface area contributed by atoms with E-state index in [9.17, 15) is 9.90 Å². The number of benzene rings is 1. The third-order valence-corrected chi connectivity index (χ3v) is 2.26. The second kappa shape index (κ2) is 4.94. The summed E-state index contributed by atoms with van der Waals surface area (Å²) in [5, 5.41) is 9.19. The molecule has 0 saturated heterocycles. The lowest BCUT2D eigenvalue weighted by Crippen LogP contribution is -2.33. The van der Waals surface area contributed by atoms with Crippen LogP contribution in [0.1, 0.15) is 22.8 Å². The van der Waals surface area contributed by atoms with Crippen LogP contribution < -0.4 is 0 Å². The zero-order valence-electron chi connectivity index (χ0n) is 9.40. The Kier molecular flexibility index (Phi) is 3.86. The van der Waals surface area contributed by atoms with Crippen molar-refractivity contribution >= 4 is 5.91 Å². The molecule has 1 N–H and O–H groups in total. The third kappa shape index (κ3) is 3.06. The van der Waals surface area contributed by atoms with Crippen molar-refractivity contribution in [1.29, 1.82) is 0 Å². The maximum absolute atomic E-state index is 11.9. The Morgan fingerprint density at radius 1 is 1.47 bits per heavy atom. The van der Waals surface area contributed by atoms with Crippen molar-refractivity contribution < 1.29 is 9.90 Å². The van der Waals surface area contributed by atoms with Crippen LogP contribution in [0.5, 0.6) is 0 Å². The summed E-state index contributed by atoms with van der Waals surface area (Å²) in [6, 6.07) is 7.46. The van der Waals surface area contributed by atoms with Crippen LogP contribution in [0.25, 0.3) is 0 Å². The number of aryl methyl sites for hydroxylation is 1. The molecule has 0 radical (unpaired) electrons. The summed E-state index contributed by atoms with van der Waals surface area (Å²) in [4.78, 5) is 13.5. The predicted octanol–water partition coefficient (Wildman–Crippen LogP) is 1.45. The van der Waals surface area contributed by atoms with Crippen molar-refractivity contribution in [3.63, 3.8) is 0 Å². The Balaban J connectivity index is 2.81. The number of nitrogens with zero attached hydrogens (tertiary/aromatic N) is 1. The molecular formula is C12H17NO2. The van der Waals surface area contributed by atoms with Gasteiger partial charge in [-0.25, -0.2) is 0 Å². The van der Waals surface area contributed by atoms with Gasteiger partial charge in [0.1, 0.15) is 0 Å². The van der Waals surface area contributed by atoms with Gasteiger partial charge in [-0.2, -0.15) is 0 Å². The van der Waals surface area contributed by atoms with Gasteiger partial charge >= 0.3 is 0 Å². The quantitative estimate of drug-likeness (QED) is 0.815. The van der Waals surface area contributed by atoms with E-state index >= 15 is 0 Å². The van der Waals surface area contributed by atoms with Crippen LogP contribution in [0.15, 0.2) is 24.3 Å². The van der Waals surface area contributed by atoms with Crippen LogP contribution in [0.2, 0.25) is 0 Å². The van der Waals surface area contributed by atoms with Crippen molar-refractivity contribution in [2.45, 2.75) is 20.0 Å². The molecule has 0 aliphatic heterocycles. The second-order valence-electron chi connectivity index (χ2n) is 3.85. The average molecular weight is 207 g/mol. The molecule has 1 atom stereocenters. The summed E-state index contributed by atoms with van der Waals surface area (Å²) < 4.78 is 0. The molecule has 0 bridgehead atoms. The third-order valence-electron chi connectivity index (χ3n) is 2.26. The molecule has 15 heavy (non-hydrogen) atoms. The number of aliphatic hydroxyl groups excluding tert-OH is 1. The number of carbonyl (C=O) groups excluding carboxylic acids is 1. The van der Waals surface area contributed by atoms with Crippen molar-refractivity contribution in [3.8, 4) is 0 Å². The number of rotatable bonds is 3. The molecule has 1 aromatic rings. The predicted molar refractivity (Wildman–Crippen MR) is 59.8 cm³/mol. The maximum atomic E-state index is 11.9. The number of likely N-dealkylation sites (N-methyl/N-ethyl adjacent to an activating group) is 1. The van der Waals surface area contributed by atoms with E-state index < -0.39 is 6.10 Å². The Morgan fingerprint density at radius 3 is 2.60 bits per heavy atom. The summed E-state index contributed by atoms with van der Waals surface area (Å²) >= 11 is 0. The zero-order chi connectivity index (χ0) is 11.4. The normalized spacial score (nSPS) is 12.3. The molecule has 0 fully saturated rings. The standard InChI is InChI=1S/C12H17NO2/c1-9-6-4-5-7-11(9)12(15)13(3)8-10(2)14/h4-7,10,14H,8H2,1-3H3. The minimum absolute atomic E-state index is 0.0472. The van der Waals surface area contributed by atoms with Crippen LogP contribution in [-0.4, -0.2) is 35.6 Å². The number of amides is 1. The van der Waals surface area contributed by atoms with Gasteiger partial charge in [0.05, 0.1) is 6.10 Å². The van der Waals surface area contributed by atoms with E-state index in [-0.39, 0.29) is 5.91 Å². The highest BCUT2D eigenvalue weighted by Crippen LogP contribution is 2.09. The molecule has 0 spiro atoms.